The molecule has 24 heavy (non-hydrogen) atoms. The fourth-order valence-corrected chi connectivity index (χ4v) is 3.04. The molecule has 1 aliphatic rings. The smallest absolute Gasteiger partial charge is 0.255 e. The molecule has 0 atom stereocenters. The number of piperidine rings is 1. The highest BCUT2D eigenvalue weighted by atomic mass is 16.2. The van der Waals surface area contributed by atoms with Crippen LogP contribution in [-0.2, 0) is 0 Å². The van der Waals surface area contributed by atoms with Crippen LogP contribution in [0.25, 0.3) is 0 Å². The molecule has 0 unspecified atom stereocenters. The van der Waals surface area contributed by atoms with Crippen molar-refractivity contribution in [3.05, 3.63) is 65.2 Å². The summed E-state index contributed by atoms with van der Waals surface area (Å²) in [6, 6.07) is 14.6. The molecule has 1 aliphatic heterocycles. The van der Waals surface area contributed by atoms with Crippen molar-refractivity contribution in [2.75, 3.05) is 18.4 Å². The van der Waals surface area contributed by atoms with E-state index in [2.05, 4.69) is 5.32 Å². The van der Waals surface area contributed by atoms with Crippen LogP contribution >= 0.6 is 0 Å². The summed E-state index contributed by atoms with van der Waals surface area (Å²) in [4.78, 5) is 26.9. The van der Waals surface area contributed by atoms with Crippen molar-refractivity contribution in [2.45, 2.75) is 26.2 Å². The molecule has 0 spiro atoms. The molecule has 4 heteroatoms. The van der Waals surface area contributed by atoms with Gasteiger partial charge in [-0.2, -0.15) is 0 Å². The van der Waals surface area contributed by atoms with Gasteiger partial charge in [0, 0.05) is 29.9 Å². The minimum absolute atomic E-state index is 0.0432. The second-order valence-electron chi connectivity index (χ2n) is 6.20. The first-order chi connectivity index (χ1) is 11.6. The fraction of sp³-hybridized carbons (Fsp3) is 0.300. The normalized spacial score (nSPS) is 14.3. The van der Waals surface area contributed by atoms with Crippen LogP contribution in [0.4, 0.5) is 5.69 Å². The van der Waals surface area contributed by atoms with Crippen molar-refractivity contribution in [3.63, 3.8) is 0 Å². The van der Waals surface area contributed by atoms with Crippen molar-refractivity contribution >= 4 is 17.5 Å². The maximum Gasteiger partial charge on any atom is 0.255 e. The zero-order valence-corrected chi connectivity index (χ0v) is 13.9. The molecule has 2 amide bonds. The monoisotopic (exact) mass is 322 g/mol. The highest BCUT2D eigenvalue weighted by molar-refractivity contribution is 6.06. The van der Waals surface area contributed by atoms with Crippen LogP contribution in [0.5, 0.6) is 0 Å². The molecule has 1 fully saturated rings. The molecule has 0 aliphatic carbocycles. The first-order valence-corrected chi connectivity index (χ1v) is 8.41. The minimum Gasteiger partial charge on any atom is -0.339 e. The van der Waals surface area contributed by atoms with E-state index < -0.39 is 0 Å². The van der Waals surface area contributed by atoms with E-state index in [-0.39, 0.29) is 11.8 Å². The van der Waals surface area contributed by atoms with Crippen molar-refractivity contribution in [2.24, 2.45) is 0 Å². The Morgan fingerprint density at radius 3 is 2.46 bits per heavy atom. The summed E-state index contributed by atoms with van der Waals surface area (Å²) in [6.45, 7) is 3.54. The maximum atomic E-state index is 12.6. The first-order valence-electron chi connectivity index (χ1n) is 8.41. The molecule has 1 N–H and O–H groups in total. The molecule has 1 heterocycles. The molecule has 2 aromatic rings. The molecule has 2 aromatic carbocycles. The van der Waals surface area contributed by atoms with Crippen LogP contribution in [-0.4, -0.2) is 29.8 Å². The fourth-order valence-electron chi connectivity index (χ4n) is 3.04. The van der Waals surface area contributed by atoms with E-state index in [1.165, 1.54) is 6.42 Å². The van der Waals surface area contributed by atoms with Gasteiger partial charge in [0.1, 0.15) is 0 Å². The SMILES string of the molecule is Cc1ccccc1C(=O)Nc1cccc(C(=O)N2CCCCC2)c1. The summed E-state index contributed by atoms with van der Waals surface area (Å²) in [6.07, 6.45) is 3.32. The zero-order valence-electron chi connectivity index (χ0n) is 13.9. The highest BCUT2D eigenvalue weighted by Crippen LogP contribution is 2.17. The van der Waals surface area contributed by atoms with Crippen molar-refractivity contribution in [3.8, 4) is 0 Å². The van der Waals surface area contributed by atoms with E-state index in [9.17, 15) is 9.59 Å². The second-order valence-corrected chi connectivity index (χ2v) is 6.20. The quantitative estimate of drug-likeness (QED) is 0.932. The Kier molecular flexibility index (Phi) is 4.94. The van der Waals surface area contributed by atoms with Gasteiger partial charge in [0.2, 0.25) is 0 Å². The third-order valence-electron chi connectivity index (χ3n) is 4.40. The summed E-state index contributed by atoms with van der Waals surface area (Å²) < 4.78 is 0. The summed E-state index contributed by atoms with van der Waals surface area (Å²) in [7, 11) is 0. The summed E-state index contributed by atoms with van der Waals surface area (Å²) in [5.41, 5.74) is 2.84. The van der Waals surface area contributed by atoms with Gasteiger partial charge in [-0.3, -0.25) is 9.59 Å². The summed E-state index contributed by atoms with van der Waals surface area (Å²) in [5, 5.41) is 2.89. The lowest BCUT2D eigenvalue weighted by molar-refractivity contribution is 0.0724. The third kappa shape index (κ3) is 3.65. The number of nitrogens with one attached hydrogen (secondary N) is 1. The Labute approximate surface area is 142 Å². The lowest BCUT2D eigenvalue weighted by Gasteiger charge is -2.26. The zero-order chi connectivity index (χ0) is 16.9. The Bertz CT molecular complexity index is 749. The molecule has 0 bridgehead atoms. The van der Waals surface area contributed by atoms with Gasteiger partial charge < -0.3 is 10.2 Å². The maximum absolute atomic E-state index is 12.6. The van der Waals surface area contributed by atoms with E-state index >= 15 is 0 Å². The molecule has 0 aromatic heterocycles. The van der Waals surface area contributed by atoms with Crippen molar-refractivity contribution in [1.82, 2.24) is 4.90 Å². The Morgan fingerprint density at radius 1 is 0.958 bits per heavy atom. The van der Waals surface area contributed by atoms with Crippen molar-refractivity contribution in [1.29, 1.82) is 0 Å². The Hall–Kier alpha value is -2.62. The van der Waals surface area contributed by atoms with Gasteiger partial charge in [0.15, 0.2) is 0 Å². The number of carbonyl (C=O) groups excluding carboxylic acids is 2. The van der Waals surface area contributed by atoms with Crippen LogP contribution in [0.15, 0.2) is 48.5 Å². The van der Waals surface area contributed by atoms with E-state index in [0.717, 1.165) is 31.5 Å². The number of amides is 2. The number of nitrogens with zero attached hydrogens (tertiary/aromatic N) is 1. The second kappa shape index (κ2) is 7.30. The van der Waals surface area contributed by atoms with E-state index in [0.29, 0.717) is 16.8 Å². The molecule has 1 saturated heterocycles. The predicted molar refractivity (Wildman–Crippen MR) is 95.3 cm³/mol. The number of benzene rings is 2. The van der Waals surface area contributed by atoms with Gasteiger partial charge >= 0.3 is 0 Å². The van der Waals surface area contributed by atoms with Gasteiger partial charge in [-0.15, -0.1) is 0 Å². The predicted octanol–water partition coefficient (Wildman–Crippen LogP) is 3.87. The molecule has 4 nitrogen and oxygen atoms in total. The average molecular weight is 322 g/mol. The van der Waals surface area contributed by atoms with Crippen LogP contribution < -0.4 is 5.32 Å². The van der Waals surface area contributed by atoms with Gasteiger partial charge in [-0.05, 0) is 56.0 Å². The largest absolute Gasteiger partial charge is 0.339 e. The summed E-state index contributed by atoms with van der Waals surface area (Å²) >= 11 is 0. The first kappa shape index (κ1) is 16.2. The highest BCUT2D eigenvalue weighted by Gasteiger charge is 2.18. The molecule has 0 radical (unpaired) electrons. The average Bonchev–Trinajstić information content (AvgIpc) is 2.62. The number of likely N-dealkylation sites (tertiary alicyclic amines) is 1. The molecule has 0 saturated carbocycles. The van der Waals surface area contributed by atoms with Gasteiger partial charge in [-0.25, -0.2) is 0 Å². The lowest BCUT2D eigenvalue weighted by Crippen LogP contribution is -2.35. The number of hydrogen-bond acceptors (Lipinski definition) is 2. The molecule has 3 rings (SSSR count). The molecular formula is C20H22N2O2. The number of rotatable bonds is 3. The van der Waals surface area contributed by atoms with E-state index in [1.807, 2.05) is 42.2 Å². The van der Waals surface area contributed by atoms with Crippen molar-refractivity contribution < 1.29 is 9.59 Å². The number of aryl methyl sites for hydroxylation is 1. The minimum atomic E-state index is -0.157. The number of anilines is 1. The van der Waals surface area contributed by atoms with Crippen LogP contribution in [0, 0.1) is 6.92 Å². The number of hydrogen-bond donors (Lipinski definition) is 1. The van der Waals surface area contributed by atoms with Crippen LogP contribution in [0.1, 0.15) is 45.5 Å². The summed E-state index contributed by atoms with van der Waals surface area (Å²) in [5.74, 6) is -0.114. The van der Waals surface area contributed by atoms with Gasteiger partial charge in [0.25, 0.3) is 11.8 Å². The molecular weight excluding hydrogens is 300 g/mol. The lowest BCUT2D eigenvalue weighted by atomic mass is 10.1. The number of carbonyl (C=O) groups is 2. The third-order valence-corrected chi connectivity index (χ3v) is 4.40. The Morgan fingerprint density at radius 2 is 1.71 bits per heavy atom. The van der Waals surface area contributed by atoms with Crippen LogP contribution in [0.3, 0.4) is 0 Å². The van der Waals surface area contributed by atoms with E-state index in [1.54, 1.807) is 18.2 Å². The van der Waals surface area contributed by atoms with Gasteiger partial charge in [0.05, 0.1) is 0 Å². The standard InChI is InChI=1S/C20H22N2O2/c1-15-8-3-4-11-18(15)19(23)21-17-10-7-9-16(14-17)20(24)22-12-5-2-6-13-22/h3-4,7-11,14H,2,5-6,12-13H2,1H3,(H,21,23). The van der Waals surface area contributed by atoms with E-state index in [4.69, 9.17) is 0 Å². The van der Waals surface area contributed by atoms with Gasteiger partial charge in [-0.1, -0.05) is 24.3 Å². The molecule has 124 valence electrons. The van der Waals surface area contributed by atoms with Crippen LogP contribution in [0.2, 0.25) is 0 Å². The topological polar surface area (TPSA) is 49.4 Å². The Balaban J connectivity index is 1.74.